The van der Waals surface area contributed by atoms with E-state index in [0.717, 1.165) is 40.8 Å². The molecule has 3 rings (SSSR count). The smallest absolute Gasteiger partial charge is 0.240 e. The van der Waals surface area contributed by atoms with E-state index in [1.807, 2.05) is 24.0 Å². The third-order valence-electron chi connectivity index (χ3n) is 3.77. The van der Waals surface area contributed by atoms with Gasteiger partial charge in [0.25, 0.3) is 0 Å². The Morgan fingerprint density at radius 3 is 2.95 bits per heavy atom. The number of rotatable bonds is 4. The third kappa shape index (κ3) is 3.17. The standard InChI is InChI=1S/C16H19N3OS2/c1-3-14(22-16-18-17-11(2)21-16)15(20)19-10-6-8-12-7-4-5-9-13(12)19/h4-5,7,9,14H,3,6,8,10H2,1-2H3. The van der Waals surface area contributed by atoms with E-state index in [4.69, 9.17) is 0 Å². The Hall–Kier alpha value is -1.40. The second-order valence-electron chi connectivity index (χ2n) is 5.32. The number of anilines is 1. The molecule has 6 heteroatoms. The van der Waals surface area contributed by atoms with Gasteiger partial charge in [0.1, 0.15) is 5.01 Å². The summed E-state index contributed by atoms with van der Waals surface area (Å²) in [4.78, 5) is 14.9. The van der Waals surface area contributed by atoms with Crippen LogP contribution in [-0.4, -0.2) is 27.9 Å². The van der Waals surface area contributed by atoms with Crippen LogP contribution < -0.4 is 4.90 Å². The number of amides is 1. The van der Waals surface area contributed by atoms with Crippen molar-refractivity contribution in [2.45, 2.75) is 42.7 Å². The van der Waals surface area contributed by atoms with Crippen molar-refractivity contribution >= 4 is 34.7 Å². The molecule has 1 atom stereocenters. The lowest BCUT2D eigenvalue weighted by Crippen LogP contribution is -2.40. The first-order valence-corrected chi connectivity index (χ1v) is 9.24. The predicted octanol–water partition coefficient (Wildman–Crippen LogP) is 3.70. The monoisotopic (exact) mass is 333 g/mol. The minimum absolute atomic E-state index is 0.0986. The third-order valence-corrected chi connectivity index (χ3v) is 6.05. The first-order valence-electron chi connectivity index (χ1n) is 7.55. The van der Waals surface area contributed by atoms with E-state index in [1.54, 1.807) is 11.3 Å². The van der Waals surface area contributed by atoms with E-state index in [9.17, 15) is 4.79 Å². The molecule has 2 aromatic rings. The molecule has 0 saturated heterocycles. The maximum Gasteiger partial charge on any atom is 0.240 e. The Kier molecular flexibility index (Phi) is 4.78. The van der Waals surface area contributed by atoms with Crippen molar-refractivity contribution in [3.05, 3.63) is 34.8 Å². The van der Waals surface area contributed by atoms with E-state index >= 15 is 0 Å². The predicted molar refractivity (Wildman–Crippen MR) is 91.7 cm³/mol. The zero-order chi connectivity index (χ0) is 15.5. The average Bonchev–Trinajstić information content (AvgIpc) is 2.96. The first kappa shape index (κ1) is 15.5. The van der Waals surface area contributed by atoms with Gasteiger partial charge < -0.3 is 4.90 Å². The fourth-order valence-electron chi connectivity index (χ4n) is 2.69. The minimum Gasteiger partial charge on any atom is -0.311 e. The normalized spacial score (nSPS) is 15.5. The van der Waals surface area contributed by atoms with Gasteiger partial charge in [0, 0.05) is 12.2 Å². The quantitative estimate of drug-likeness (QED) is 0.801. The molecular formula is C16H19N3OS2. The molecule has 1 aliphatic heterocycles. The highest BCUT2D eigenvalue weighted by Crippen LogP contribution is 2.33. The van der Waals surface area contributed by atoms with Crippen LogP contribution in [-0.2, 0) is 11.2 Å². The first-order chi connectivity index (χ1) is 10.7. The fraction of sp³-hybridized carbons (Fsp3) is 0.438. The van der Waals surface area contributed by atoms with Crippen LogP contribution in [0.25, 0.3) is 0 Å². The minimum atomic E-state index is -0.0986. The summed E-state index contributed by atoms with van der Waals surface area (Å²) in [5.74, 6) is 0.188. The van der Waals surface area contributed by atoms with E-state index in [1.165, 1.54) is 17.3 Å². The SMILES string of the molecule is CCC(Sc1nnc(C)s1)C(=O)N1CCCc2ccccc21. The summed E-state index contributed by atoms with van der Waals surface area (Å²) in [5.41, 5.74) is 2.35. The number of thioether (sulfide) groups is 1. The zero-order valence-electron chi connectivity index (χ0n) is 12.8. The Labute approximate surface area is 138 Å². The number of benzene rings is 1. The van der Waals surface area contributed by atoms with Crippen molar-refractivity contribution in [1.29, 1.82) is 0 Å². The largest absolute Gasteiger partial charge is 0.311 e. The van der Waals surface area contributed by atoms with Crippen LogP contribution in [0.15, 0.2) is 28.6 Å². The van der Waals surface area contributed by atoms with Crippen LogP contribution >= 0.6 is 23.1 Å². The molecule has 1 aliphatic rings. The Morgan fingerprint density at radius 1 is 1.41 bits per heavy atom. The summed E-state index contributed by atoms with van der Waals surface area (Å²) in [6.45, 7) is 4.80. The number of hydrogen-bond acceptors (Lipinski definition) is 5. The molecule has 0 aliphatic carbocycles. The van der Waals surface area contributed by atoms with Gasteiger partial charge in [0.15, 0.2) is 4.34 Å². The van der Waals surface area contributed by atoms with Crippen LogP contribution in [0.2, 0.25) is 0 Å². The molecule has 0 radical (unpaired) electrons. The van der Waals surface area contributed by atoms with E-state index in [2.05, 4.69) is 29.3 Å². The molecule has 2 heterocycles. The van der Waals surface area contributed by atoms with Gasteiger partial charge in [-0.3, -0.25) is 4.79 Å². The van der Waals surface area contributed by atoms with Gasteiger partial charge in [-0.2, -0.15) is 0 Å². The Bertz CT molecular complexity index is 671. The van der Waals surface area contributed by atoms with Crippen molar-refractivity contribution in [3.8, 4) is 0 Å². The van der Waals surface area contributed by atoms with Crippen molar-refractivity contribution in [1.82, 2.24) is 10.2 Å². The maximum atomic E-state index is 13.0. The lowest BCUT2D eigenvalue weighted by molar-refractivity contribution is -0.118. The van der Waals surface area contributed by atoms with Gasteiger partial charge in [-0.15, -0.1) is 10.2 Å². The topological polar surface area (TPSA) is 46.1 Å². The zero-order valence-corrected chi connectivity index (χ0v) is 14.4. The van der Waals surface area contributed by atoms with Gasteiger partial charge in [-0.25, -0.2) is 0 Å². The molecule has 1 amide bonds. The average molecular weight is 333 g/mol. The molecule has 1 aromatic carbocycles. The summed E-state index contributed by atoms with van der Waals surface area (Å²) in [5, 5.41) is 9.01. The highest BCUT2D eigenvalue weighted by atomic mass is 32.2. The molecule has 0 spiro atoms. The number of carbonyl (C=O) groups excluding carboxylic acids is 1. The van der Waals surface area contributed by atoms with Gasteiger partial charge >= 0.3 is 0 Å². The van der Waals surface area contributed by atoms with Gasteiger partial charge in [0.2, 0.25) is 5.91 Å². The molecular weight excluding hydrogens is 314 g/mol. The van der Waals surface area contributed by atoms with Crippen LogP contribution in [0.1, 0.15) is 30.3 Å². The number of carbonyl (C=O) groups is 1. The molecule has 0 saturated carbocycles. The molecule has 0 bridgehead atoms. The summed E-state index contributed by atoms with van der Waals surface area (Å²) in [6, 6.07) is 8.23. The number of hydrogen-bond donors (Lipinski definition) is 0. The number of aromatic nitrogens is 2. The highest BCUT2D eigenvalue weighted by molar-refractivity contribution is 8.02. The summed E-state index contributed by atoms with van der Waals surface area (Å²) in [6.07, 6.45) is 2.88. The van der Waals surface area contributed by atoms with E-state index in [-0.39, 0.29) is 11.2 Å². The number of nitrogens with zero attached hydrogens (tertiary/aromatic N) is 3. The number of para-hydroxylation sites is 1. The Morgan fingerprint density at radius 2 is 2.23 bits per heavy atom. The fourth-order valence-corrected chi connectivity index (χ4v) is 4.74. The molecule has 22 heavy (non-hydrogen) atoms. The van der Waals surface area contributed by atoms with Crippen molar-refractivity contribution in [3.63, 3.8) is 0 Å². The highest BCUT2D eigenvalue weighted by Gasteiger charge is 2.29. The van der Waals surface area contributed by atoms with E-state index in [0.29, 0.717) is 0 Å². The molecule has 1 unspecified atom stereocenters. The second-order valence-corrected chi connectivity index (χ2v) is 7.96. The van der Waals surface area contributed by atoms with Crippen LogP contribution in [0.4, 0.5) is 5.69 Å². The molecule has 116 valence electrons. The van der Waals surface area contributed by atoms with Crippen molar-refractivity contribution < 1.29 is 4.79 Å². The van der Waals surface area contributed by atoms with Crippen molar-refractivity contribution in [2.75, 3.05) is 11.4 Å². The summed E-state index contributed by atoms with van der Waals surface area (Å²) < 4.78 is 0.878. The van der Waals surface area contributed by atoms with Crippen LogP contribution in [0.3, 0.4) is 0 Å². The second kappa shape index (κ2) is 6.79. The van der Waals surface area contributed by atoms with Crippen LogP contribution in [0, 0.1) is 6.92 Å². The summed E-state index contributed by atoms with van der Waals surface area (Å²) in [7, 11) is 0. The molecule has 0 N–H and O–H groups in total. The van der Waals surface area contributed by atoms with E-state index < -0.39 is 0 Å². The maximum absolute atomic E-state index is 13.0. The molecule has 1 aromatic heterocycles. The summed E-state index contributed by atoms with van der Waals surface area (Å²) >= 11 is 3.09. The lowest BCUT2D eigenvalue weighted by atomic mass is 10.0. The lowest BCUT2D eigenvalue weighted by Gasteiger charge is -2.31. The Balaban J connectivity index is 1.80. The number of aryl methyl sites for hydroxylation is 2. The van der Waals surface area contributed by atoms with Crippen LogP contribution in [0.5, 0.6) is 0 Å². The van der Waals surface area contributed by atoms with Crippen molar-refractivity contribution in [2.24, 2.45) is 0 Å². The molecule has 0 fully saturated rings. The van der Waals surface area contributed by atoms with Gasteiger partial charge in [-0.1, -0.05) is 48.2 Å². The number of fused-ring (bicyclic) bond motifs is 1. The molecule has 4 nitrogen and oxygen atoms in total. The van der Waals surface area contributed by atoms with Gasteiger partial charge in [0.05, 0.1) is 5.25 Å². The van der Waals surface area contributed by atoms with Gasteiger partial charge in [-0.05, 0) is 37.8 Å².